The first-order chi connectivity index (χ1) is 8.78. The normalized spacial score (nSPS) is 17.2. The van der Waals surface area contributed by atoms with Crippen molar-refractivity contribution in [1.82, 2.24) is 15.3 Å². The van der Waals surface area contributed by atoms with Gasteiger partial charge < -0.3 is 10.1 Å². The van der Waals surface area contributed by atoms with Gasteiger partial charge in [-0.3, -0.25) is 0 Å². The Morgan fingerprint density at radius 3 is 2.56 bits per heavy atom. The summed E-state index contributed by atoms with van der Waals surface area (Å²) in [7, 11) is 1.58. The number of rotatable bonds is 7. The Morgan fingerprint density at radius 2 is 2.06 bits per heavy atom. The van der Waals surface area contributed by atoms with Crippen molar-refractivity contribution in [3.05, 3.63) is 18.0 Å². The average molecular weight is 249 g/mol. The average Bonchev–Trinajstić information content (AvgIpc) is 2.36. The fourth-order valence-electron chi connectivity index (χ4n) is 2.73. The van der Waals surface area contributed by atoms with Crippen LogP contribution in [0.4, 0.5) is 0 Å². The molecule has 2 rings (SSSR count). The van der Waals surface area contributed by atoms with Crippen molar-refractivity contribution in [2.75, 3.05) is 13.7 Å². The van der Waals surface area contributed by atoms with Crippen molar-refractivity contribution in [3.63, 3.8) is 0 Å². The van der Waals surface area contributed by atoms with Crippen molar-refractivity contribution in [1.29, 1.82) is 0 Å². The molecule has 4 heteroatoms. The van der Waals surface area contributed by atoms with E-state index in [1.807, 2.05) is 12.4 Å². The molecule has 0 bridgehead atoms. The zero-order valence-electron chi connectivity index (χ0n) is 11.4. The highest BCUT2D eigenvalue weighted by Crippen LogP contribution is 2.44. The second-order valence-electron chi connectivity index (χ2n) is 5.29. The van der Waals surface area contributed by atoms with Crippen molar-refractivity contribution in [2.24, 2.45) is 5.41 Å². The molecule has 1 aromatic rings. The van der Waals surface area contributed by atoms with Gasteiger partial charge in [-0.05, 0) is 24.7 Å². The summed E-state index contributed by atoms with van der Waals surface area (Å²) < 4.78 is 4.94. The smallest absolute Gasteiger partial charge is 0.316 e. The number of nitrogens with one attached hydrogen (secondary N) is 1. The van der Waals surface area contributed by atoms with E-state index in [1.165, 1.54) is 32.1 Å². The summed E-state index contributed by atoms with van der Waals surface area (Å²) in [6, 6.07) is 0.431. The van der Waals surface area contributed by atoms with Crippen LogP contribution < -0.4 is 10.1 Å². The van der Waals surface area contributed by atoms with E-state index in [2.05, 4.69) is 22.2 Å². The Kier molecular flexibility index (Phi) is 4.53. The Bertz CT molecular complexity index is 360. The van der Waals surface area contributed by atoms with Crippen LogP contribution in [0, 0.1) is 5.41 Å². The van der Waals surface area contributed by atoms with Gasteiger partial charge in [0.25, 0.3) is 0 Å². The molecule has 0 spiro atoms. The Labute approximate surface area is 109 Å². The molecule has 1 aliphatic carbocycles. The molecule has 18 heavy (non-hydrogen) atoms. The van der Waals surface area contributed by atoms with Gasteiger partial charge in [0, 0.05) is 31.0 Å². The molecule has 0 radical (unpaired) electrons. The SMILES string of the molecule is CCCC1(CNCc2cnc(OC)nc2)CCC1. The zero-order valence-corrected chi connectivity index (χ0v) is 11.4. The maximum atomic E-state index is 4.94. The molecule has 1 fully saturated rings. The van der Waals surface area contributed by atoms with Gasteiger partial charge in [-0.2, -0.15) is 0 Å². The first kappa shape index (κ1) is 13.3. The van der Waals surface area contributed by atoms with Crippen LogP contribution in [0.2, 0.25) is 0 Å². The molecule has 1 N–H and O–H groups in total. The lowest BCUT2D eigenvalue weighted by atomic mass is 9.66. The third-order valence-electron chi connectivity index (χ3n) is 3.89. The molecule has 0 amide bonds. The number of methoxy groups -OCH3 is 1. The molecule has 1 aromatic heterocycles. The minimum atomic E-state index is 0.431. The van der Waals surface area contributed by atoms with Gasteiger partial charge in [0.2, 0.25) is 0 Å². The van der Waals surface area contributed by atoms with Crippen LogP contribution in [0.5, 0.6) is 6.01 Å². The van der Waals surface area contributed by atoms with E-state index in [1.54, 1.807) is 7.11 Å². The quantitative estimate of drug-likeness (QED) is 0.806. The van der Waals surface area contributed by atoms with Crippen LogP contribution in [0.15, 0.2) is 12.4 Å². The summed E-state index contributed by atoms with van der Waals surface area (Å²) in [4.78, 5) is 8.22. The maximum absolute atomic E-state index is 4.94. The highest BCUT2D eigenvalue weighted by Gasteiger charge is 2.35. The molecule has 0 aliphatic heterocycles. The summed E-state index contributed by atoms with van der Waals surface area (Å²) in [6.45, 7) is 4.24. The van der Waals surface area contributed by atoms with Gasteiger partial charge in [-0.25, -0.2) is 9.97 Å². The lowest BCUT2D eigenvalue weighted by Gasteiger charge is -2.42. The summed E-state index contributed by atoms with van der Waals surface area (Å²) in [5.41, 5.74) is 1.68. The van der Waals surface area contributed by atoms with Crippen molar-refractivity contribution < 1.29 is 4.74 Å². The topological polar surface area (TPSA) is 47.0 Å². The van der Waals surface area contributed by atoms with Crippen molar-refractivity contribution in [2.45, 2.75) is 45.6 Å². The van der Waals surface area contributed by atoms with E-state index >= 15 is 0 Å². The van der Waals surface area contributed by atoms with Gasteiger partial charge in [-0.15, -0.1) is 0 Å². The second-order valence-corrected chi connectivity index (χ2v) is 5.29. The molecule has 0 saturated heterocycles. The van der Waals surface area contributed by atoms with E-state index in [4.69, 9.17) is 4.74 Å². The summed E-state index contributed by atoms with van der Waals surface area (Å²) in [6.07, 6.45) is 10.4. The highest BCUT2D eigenvalue weighted by molar-refractivity contribution is 5.07. The summed E-state index contributed by atoms with van der Waals surface area (Å²) >= 11 is 0. The zero-order chi connectivity index (χ0) is 12.8. The fraction of sp³-hybridized carbons (Fsp3) is 0.714. The van der Waals surface area contributed by atoms with Gasteiger partial charge in [0.15, 0.2) is 0 Å². The third-order valence-corrected chi connectivity index (χ3v) is 3.89. The molecule has 4 nitrogen and oxygen atoms in total. The molecule has 100 valence electrons. The largest absolute Gasteiger partial charge is 0.467 e. The van der Waals surface area contributed by atoms with Crippen molar-refractivity contribution >= 4 is 0 Å². The van der Waals surface area contributed by atoms with Gasteiger partial charge in [0.05, 0.1) is 7.11 Å². The number of hydrogen-bond acceptors (Lipinski definition) is 4. The van der Waals surface area contributed by atoms with E-state index in [0.29, 0.717) is 11.4 Å². The Balaban J connectivity index is 1.77. The number of hydrogen-bond donors (Lipinski definition) is 1. The van der Waals surface area contributed by atoms with E-state index in [-0.39, 0.29) is 0 Å². The lowest BCUT2D eigenvalue weighted by Crippen LogP contribution is -2.39. The predicted octanol–water partition coefficient (Wildman–Crippen LogP) is 2.55. The third kappa shape index (κ3) is 3.19. The summed E-state index contributed by atoms with van der Waals surface area (Å²) in [5, 5.41) is 3.55. The van der Waals surface area contributed by atoms with E-state index in [0.717, 1.165) is 18.7 Å². The first-order valence-electron chi connectivity index (χ1n) is 6.84. The second kappa shape index (κ2) is 6.14. The predicted molar refractivity (Wildman–Crippen MR) is 71.5 cm³/mol. The monoisotopic (exact) mass is 249 g/mol. The van der Waals surface area contributed by atoms with Crippen LogP contribution in [-0.4, -0.2) is 23.6 Å². The molecule has 0 atom stereocenters. The first-order valence-corrected chi connectivity index (χ1v) is 6.84. The molecule has 1 saturated carbocycles. The van der Waals surface area contributed by atoms with E-state index < -0.39 is 0 Å². The number of aromatic nitrogens is 2. The van der Waals surface area contributed by atoms with Gasteiger partial charge >= 0.3 is 6.01 Å². The number of ether oxygens (including phenoxy) is 1. The van der Waals surface area contributed by atoms with Crippen LogP contribution in [0.25, 0.3) is 0 Å². The molecule has 0 unspecified atom stereocenters. The van der Waals surface area contributed by atoms with Crippen molar-refractivity contribution in [3.8, 4) is 6.01 Å². The lowest BCUT2D eigenvalue weighted by molar-refractivity contribution is 0.115. The van der Waals surface area contributed by atoms with Crippen LogP contribution in [-0.2, 0) is 6.54 Å². The highest BCUT2D eigenvalue weighted by atomic mass is 16.5. The minimum Gasteiger partial charge on any atom is -0.467 e. The molecule has 0 aromatic carbocycles. The molecular formula is C14H23N3O. The summed E-state index contributed by atoms with van der Waals surface area (Å²) in [5.74, 6) is 0. The fourth-order valence-corrected chi connectivity index (χ4v) is 2.73. The maximum Gasteiger partial charge on any atom is 0.316 e. The standard InChI is InChI=1S/C14H23N3O/c1-3-5-14(6-4-7-14)11-15-8-12-9-16-13(18-2)17-10-12/h9-10,15H,3-8,11H2,1-2H3. The Morgan fingerprint density at radius 1 is 1.33 bits per heavy atom. The Hall–Kier alpha value is -1.16. The molecule has 1 aliphatic rings. The van der Waals surface area contributed by atoms with E-state index in [9.17, 15) is 0 Å². The van der Waals surface area contributed by atoms with Gasteiger partial charge in [-0.1, -0.05) is 19.8 Å². The molecular weight excluding hydrogens is 226 g/mol. The molecule has 1 heterocycles. The van der Waals surface area contributed by atoms with Gasteiger partial charge in [0.1, 0.15) is 0 Å². The number of nitrogens with zero attached hydrogens (tertiary/aromatic N) is 2. The van der Waals surface area contributed by atoms with Crippen LogP contribution >= 0.6 is 0 Å². The van der Waals surface area contributed by atoms with Crippen LogP contribution in [0.3, 0.4) is 0 Å². The minimum absolute atomic E-state index is 0.431. The van der Waals surface area contributed by atoms with Crippen LogP contribution in [0.1, 0.15) is 44.6 Å².